The minimum Gasteiger partial charge on any atom is -0.294 e. The molecule has 1 fully saturated rings. The standard InChI is InChI=1S/C30H33NO.2C2H6.H2/c1-4-5-23-16-21(3)28(17-23)29-18-27(9-6-20(29)2)30(32)26-14-12-25(13-15-26)24-10-7-22(19-31)8-11-24;2*1-2;/h6-11,16,18,25-26H,4-5,12-15,17H2,1-3H3;2*1-2H3;1H. The Bertz CT molecular complexity index is 1110. The Balaban J connectivity index is 0.00000131. The highest BCUT2D eigenvalue weighted by Crippen LogP contribution is 2.39. The van der Waals surface area contributed by atoms with Crippen molar-refractivity contribution in [2.75, 3.05) is 0 Å². The van der Waals surface area contributed by atoms with Crippen molar-refractivity contribution in [1.82, 2.24) is 0 Å². The van der Waals surface area contributed by atoms with Crippen LogP contribution in [0.15, 0.2) is 59.7 Å². The molecule has 4 rings (SSSR count). The largest absolute Gasteiger partial charge is 0.294 e. The second-order valence-electron chi connectivity index (χ2n) is 9.57. The molecule has 36 heavy (non-hydrogen) atoms. The quantitative estimate of drug-likeness (QED) is 0.382. The summed E-state index contributed by atoms with van der Waals surface area (Å²) in [5, 5.41) is 9.01. The summed E-state index contributed by atoms with van der Waals surface area (Å²) >= 11 is 0. The van der Waals surface area contributed by atoms with E-state index >= 15 is 0 Å². The predicted octanol–water partition coefficient (Wildman–Crippen LogP) is 10.2. The van der Waals surface area contributed by atoms with Gasteiger partial charge in [0.05, 0.1) is 11.6 Å². The molecule has 0 atom stereocenters. The first kappa shape index (κ1) is 29.3. The molecule has 2 aliphatic rings. The van der Waals surface area contributed by atoms with Gasteiger partial charge in [0, 0.05) is 12.9 Å². The van der Waals surface area contributed by atoms with Crippen LogP contribution in [0.4, 0.5) is 0 Å². The number of carbonyl (C=O) groups is 1. The first-order chi connectivity index (χ1) is 17.5. The summed E-state index contributed by atoms with van der Waals surface area (Å²) in [4.78, 5) is 13.4. The predicted molar refractivity (Wildman–Crippen MR) is 156 cm³/mol. The molecule has 0 radical (unpaired) electrons. The first-order valence-corrected chi connectivity index (χ1v) is 14.0. The summed E-state index contributed by atoms with van der Waals surface area (Å²) in [6.45, 7) is 14.6. The molecule has 0 aliphatic heterocycles. The molecule has 0 saturated heterocycles. The lowest BCUT2D eigenvalue weighted by Gasteiger charge is -2.28. The van der Waals surface area contributed by atoms with Gasteiger partial charge in [-0.2, -0.15) is 5.26 Å². The van der Waals surface area contributed by atoms with Crippen molar-refractivity contribution in [2.24, 2.45) is 5.92 Å². The number of nitriles is 1. The van der Waals surface area contributed by atoms with Gasteiger partial charge in [0.1, 0.15) is 0 Å². The smallest absolute Gasteiger partial charge is 0.165 e. The molecule has 0 bridgehead atoms. The van der Waals surface area contributed by atoms with Gasteiger partial charge in [-0.3, -0.25) is 4.79 Å². The first-order valence-electron chi connectivity index (χ1n) is 14.0. The van der Waals surface area contributed by atoms with Crippen LogP contribution in [0.5, 0.6) is 0 Å². The zero-order chi connectivity index (χ0) is 26.7. The number of Topliss-reactive ketones (excluding diaryl/α,β-unsaturated/α-hetero) is 1. The molecule has 2 aliphatic carbocycles. The van der Waals surface area contributed by atoms with Crippen molar-refractivity contribution < 1.29 is 6.22 Å². The molecule has 1 saturated carbocycles. The summed E-state index contributed by atoms with van der Waals surface area (Å²) in [5.41, 5.74) is 9.64. The Hall–Kier alpha value is -2.92. The Morgan fingerprint density at radius 2 is 1.61 bits per heavy atom. The maximum absolute atomic E-state index is 13.4. The fourth-order valence-corrected chi connectivity index (χ4v) is 5.45. The molecule has 2 nitrogen and oxygen atoms in total. The Morgan fingerprint density at radius 1 is 0.972 bits per heavy atom. The van der Waals surface area contributed by atoms with Crippen LogP contribution in [-0.2, 0) is 0 Å². The summed E-state index contributed by atoms with van der Waals surface area (Å²) in [6.07, 6.45) is 9.65. The lowest BCUT2D eigenvalue weighted by molar-refractivity contribution is 0.0884. The van der Waals surface area contributed by atoms with E-state index in [1.807, 2.05) is 45.9 Å². The zero-order valence-corrected chi connectivity index (χ0v) is 23.6. The van der Waals surface area contributed by atoms with Crippen LogP contribution in [0.25, 0.3) is 5.57 Å². The van der Waals surface area contributed by atoms with Crippen molar-refractivity contribution in [3.63, 3.8) is 0 Å². The number of allylic oxidation sites excluding steroid dienone is 4. The van der Waals surface area contributed by atoms with Gasteiger partial charge in [0.2, 0.25) is 0 Å². The summed E-state index contributed by atoms with van der Waals surface area (Å²) in [6, 6.07) is 16.5. The number of nitrogens with zero attached hydrogens (tertiary/aromatic N) is 1. The van der Waals surface area contributed by atoms with Crippen LogP contribution in [-0.4, -0.2) is 5.78 Å². The average Bonchev–Trinajstić information content (AvgIpc) is 3.30. The zero-order valence-electron chi connectivity index (χ0n) is 23.6. The number of hydrogen-bond donors (Lipinski definition) is 0. The van der Waals surface area contributed by atoms with Crippen LogP contribution in [0, 0.1) is 24.2 Å². The monoisotopic (exact) mass is 485 g/mol. The lowest BCUT2D eigenvalue weighted by Crippen LogP contribution is -2.21. The second kappa shape index (κ2) is 14.6. The van der Waals surface area contributed by atoms with E-state index in [1.54, 1.807) is 0 Å². The van der Waals surface area contributed by atoms with E-state index in [0.717, 1.165) is 44.1 Å². The third kappa shape index (κ3) is 7.07. The molecule has 0 aromatic heterocycles. The number of benzene rings is 2. The summed E-state index contributed by atoms with van der Waals surface area (Å²) < 4.78 is 0. The van der Waals surface area contributed by atoms with Gasteiger partial charge in [0.25, 0.3) is 0 Å². The highest BCUT2D eigenvalue weighted by Gasteiger charge is 2.28. The van der Waals surface area contributed by atoms with Crippen molar-refractivity contribution in [3.05, 3.63) is 87.5 Å². The third-order valence-corrected chi connectivity index (χ3v) is 7.33. The highest BCUT2D eigenvalue weighted by atomic mass is 16.1. The SMILES string of the molecule is CC.CC.CCCC1=CC(C)=C(c2cc(C(=O)C3CCC(c4ccc(C#N)cc4)CC3)ccc2C)C1.[HH]. The molecule has 0 N–H and O–H groups in total. The number of aryl methyl sites for hydroxylation is 1. The second-order valence-corrected chi connectivity index (χ2v) is 9.57. The molecule has 0 amide bonds. The molecule has 194 valence electrons. The Morgan fingerprint density at radius 3 is 2.19 bits per heavy atom. The molecular weight excluding hydrogens is 438 g/mol. The number of hydrogen-bond acceptors (Lipinski definition) is 2. The van der Waals surface area contributed by atoms with Crippen molar-refractivity contribution in [1.29, 1.82) is 5.26 Å². The number of carbonyl (C=O) groups excluding carboxylic acids is 1. The fraction of sp³-hybridized carbons (Fsp3) is 0.471. The average molecular weight is 486 g/mol. The molecule has 0 spiro atoms. The van der Waals surface area contributed by atoms with Gasteiger partial charge >= 0.3 is 0 Å². The van der Waals surface area contributed by atoms with Crippen LogP contribution in [0.3, 0.4) is 0 Å². The number of rotatable bonds is 6. The topological polar surface area (TPSA) is 40.9 Å². The molecule has 0 unspecified atom stereocenters. The Kier molecular flexibility index (Phi) is 11.9. The maximum Gasteiger partial charge on any atom is 0.165 e. The van der Waals surface area contributed by atoms with Gasteiger partial charge in [-0.15, -0.1) is 0 Å². The molecular formula is C34H47NO. The molecule has 2 aromatic rings. The van der Waals surface area contributed by atoms with E-state index < -0.39 is 0 Å². The minimum atomic E-state index is 0. The lowest BCUT2D eigenvalue weighted by atomic mass is 9.76. The molecule has 0 heterocycles. The van der Waals surface area contributed by atoms with Crippen LogP contribution in [0.2, 0.25) is 0 Å². The summed E-state index contributed by atoms with van der Waals surface area (Å²) in [7, 11) is 0. The van der Waals surface area contributed by atoms with E-state index in [2.05, 4.69) is 57.2 Å². The van der Waals surface area contributed by atoms with Gasteiger partial charge in [-0.1, -0.05) is 77.0 Å². The van der Waals surface area contributed by atoms with Gasteiger partial charge in [0.15, 0.2) is 5.78 Å². The van der Waals surface area contributed by atoms with E-state index in [4.69, 9.17) is 5.26 Å². The minimum absolute atomic E-state index is 0. The van der Waals surface area contributed by atoms with E-state index in [1.165, 1.54) is 39.8 Å². The van der Waals surface area contributed by atoms with E-state index in [9.17, 15) is 4.79 Å². The van der Waals surface area contributed by atoms with Gasteiger partial charge < -0.3 is 0 Å². The van der Waals surface area contributed by atoms with Gasteiger partial charge in [-0.05, 0) is 104 Å². The Labute approximate surface area is 221 Å². The van der Waals surface area contributed by atoms with E-state index in [-0.39, 0.29) is 7.34 Å². The van der Waals surface area contributed by atoms with Crippen molar-refractivity contribution in [2.45, 2.75) is 99.3 Å². The van der Waals surface area contributed by atoms with Crippen LogP contribution >= 0.6 is 0 Å². The normalized spacial score (nSPS) is 18.8. The molecule has 2 aromatic carbocycles. The van der Waals surface area contributed by atoms with Crippen LogP contribution in [0.1, 0.15) is 126 Å². The van der Waals surface area contributed by atoms with Crippen molar-refractivity contribution >= 4 is 11.4 Å². The van der Waals surface area contributed by atoms with Gasteiger partial charge in [-0.25, -0.2) is 0 Å². The third-order valence-electron chi connectivity index (χ3n) is 7.33. The maximum atomic E-state index is 13.4. The highest BCUT2D eigenvalue weighted by molar-refractivity contribution is 5.99. The van der Waals surface area contributed by atoms with Crippen LogP contribution < -0.4 is 0 Å². The summed E-state index contributed by atoms with van der Waals surface area (Å²) in [5.74, 6) is 0.921. The number of ketones is 1. The molecule has 2 heteroatoms. The van der Waals surface area contributed by atoms with E-state index in [0.29, 0.717) is 17.3 Å². The van der Waals surface area contributed by atoms with Crippen molar-refractivity contribution in [3.8, 4) is 6.07 Å². The fourth-order valence-electron chi connectivity index (χ4n) is 5.45.